The van der Waals surface area contributed by atoms with Crippen LogP contribution in [0.2, 0.25) is 0 Å². The van der Waals surface area contributed by atoms with Crippen LogP contribution in [0.25, 0.3) is 0 Å². The van der Waals surface area contributed by atoms with Gasteiger partial charge in [-0.2, -0.15) is 0 Å². The van der Waals surface area contributed by atoms with Crippen molar-refractivity contribution in [3.8, 4) is 0 Å². The van der Waals surface area contributed by atoms with Gasteiger partial charge in [-0.25, -0.2) is 4.79 Å². The molecule has 25 heavy (non-hydrogen) atoms. The van der Waals surface area contributed by atoms with Crippen molar-refractivity contribution in [1.82, 2.24) is 9.80 Å². The Bertz CT molecular complexity index is 577. The molecule has 1 aliphatic heterocycles. The Morgan fingerprint density at radius 3 is 2.64 bits per heavy atom. The second kappa shape index (κ2) is 8.85. The lowest BCUT2D eigenvalue weighted by Crippen LogP contribution is -2.46. The van der Waals surface area contributed by atoms with E-state index in [0.717, 1.165) is 12.0 Å². The first kappa shape index (κ1) is 19.2. The Balaban J connectivity index is 1.76. The topological polar surface area (TPSA) is 75.9 Å². The number of rotatable bonds is 6. The minimum Gasteiger partial charge on any atom is -0.445 e. The van der Waals surface area contributed by atoms with Crippen molar-refractivity contribution in [3.63, 3.8) is 0 Å². The SMILES string of the molecule is CC(C)C(N)C(=O)N1CCC(CN(C)C(=O)OCc2ccccc2)C1. The van der Waals surface area contributed by atoms with Crippen LogP contribution in [-0.4, -0.2) is 54.5 Å². The van der Waals surface area contributed by atoms with Gasteiger partial charge in [0.05, 0.1) is 6.04 Å². The van der Waals surface area contributed by atoms with Crippen molar-refractivity contribution in [2.24, 2.45) is 17.6 Å². The molecule has 1 heterocycles. The summed E-state index contributed by atoms with van der Waals surface area (Å²) in [6, 6.07) is 9.15. The summed E-state index contributed by atoms with van der Waals surface area (Å²) >= 11 is 0. The lowest BCUT2D eigenvalue weighted by Gasteiger charge is -2.24. The van der Waals surface area contributed by atoms with Crippen molar-refractivity contribution in [3.05, 3.63) is 35.9 Å². The zero-order valence-corrected chi connectivity index (χ0v) is 15.4. The van der Waals surface area contributed by atoms with Crippen LogP contribution in [0.15, 0.2) is 30.3 Å². The van der Waals surface area contributed by atoms with Crippen molar-refractivity contribution in [2.75, 3.05) is 26.7 Å². The Kier molecular flexibility index (Phi) is 6.82. The molecule has 0 bridgehead atoms. The maximum absolute atomic E-state index is 12.3. The monoisotopic (exact) mass is 347 g/mol. The number of amides is 2. The molecular weight excluding hydrogens is 318 g/mol. The fraction of sp³-hybridized carbons (Fsp3) is 0.579. The molecule has 6 heteroatoms. The van der Waals surface area contributed by atoms with Crippen molar-refractivity contribution in [1.29, 1.82) is 0 Å². The molecule has 0 saturated carbocycles. The van der Waals surface area contributed by atoms with E-state index in [4.69, 9.17) is 10.5 Å². The van der Waals surface area contributed by atoms with E-state index in [9.17, 15) is 9.59 Å². The van der Waals surface area contributed by atoms with E-state index in [1.165, 1.54) is 0 Å². The second-order valence-corrected chi connectivity index (χ2v) is 7.13. The molecule has 2 atom stereocenters. The Labute approximate surface area is 149 Å². The summed E-state index contributed by atoms with van der Waals surface area (Å²) in [5.41, 5.74) is 6.92. The zero-order chi connectivity index (χ0) is 18.4. The number of nitrogens with two attached hydrogens (primary N) is 1. The molecule has 1 fully saturated rings. The largest absolute Gasteiger partial charge is 0.445 e. The minimum absolute atomic E-state index is 0.00630. The highest BCUT2D eigenvalue weighted by molar-refractivity contribution is 5.82. The molecule has 0 aromatic heterocycles. The highest BCUT2D eigenvalue weighted by Crippen LogP contribution is 2.19. The summed E-state index contributed by atoms with van der Waals surface area (Å²) in [4.78, 5) is 27.8. The standard InChI is InChI=1S/C19H29N3O3/c1-14(2)17(20)18(23)22-10-9-16(12-22)11-21(3)19(24)25-13-15-7-5-4-6-8-15/h4-8,14,16-17H,9-13,20H2,1-3H3. The molecule has 1 aliphatic rings. The third kappa shape index (κ3) is 5.46. The molecule has 2 amide bonds. The second-order valence-electron chi connectivity index (χ2n) is 7.13. The fourth-order valence-electron chi connectivity index (χ4n) is 2.97. The number of benzene rings is 1. The van der Waals surface area contributed by atoms with E-state index in [1.807, 2.05) is 49.1 Å². The van der Waals surface area contributed by atoms with Crippen LogP contribution in [0.5, 0.6) is 0 Å². The Morgan fingerprint density at radius 1 is 1.32 bits per heavy atom. The van der Waals surface area contributed by atoms with Gasteiger partial charge in [0, 0.05) is 26.7 Å². The zero-order valence-electron chi connectivity index (χ0n) is 15.4. The number of carbonyl (C=O) groups excluding carboxylic acids is 2. The average molecular weight is 347 g/mol. The van der Waals surface area contributed by atoms with E-state index in [0.29, 0.717) is 19.6 Å². The summed E-state index contributed by atoms with van der Waals surface area (Å²) in [6.45, 7) is 6.10. The highest BCUT2D eigenvalue weighted by atomic mass is 16.6. The van der Waals surface area contributed by atoms with Crippen LogP contribution >= 0.6 is 0 Å². The molecule has 2 rings (SSSR count). The predicted molar refractivity (Wildman–Crippen MR) is 96.8 cm³/mol. The third-order valence-corrected chi connectivity index (χ3v) is 4.65. The molecule has 0 aliphatic carbocycles. The first-order valence-corrected chi connectivity index (χ1v) is 8.84. The molecule has 138 valence electrons. The van der Waals surface area contributed by atoms with Crippen molar-refractivity contribution < 1.29 is 14.3 Å². The number of likely N-dealkylation sites (tertiary alicyclic amines) is 1. The number of hydrogen-bond acceptors (Lipinski definition) is 4. The highest BCUT2D eigenvalue weighted by Gasteiger charge is 2.31. The molecule has 2 N–H and O–H groups in total. The van der Waals surface area contributed by atoms with Crippen LogP contribution < -0.4 is 5.73 Å². The van der Waals surface area contributed by atoms with Gasteiger partial charge in [0.15, 0.2) is 0 Å². The molecule has 1 aromatic carbocycles. The van der Waals surface area contributed by atoms with E-state index in [1.54, 1.807) is 11.9 Å². The average Bonchev–Trinajstić information content (AvgIpc) is 3.07. The molecular formula is C19H29N3O3. The number of carbonyl (C=O) groups is 2. The van der Waals surface area contributed by atoms with E-state index in [2.05, 4.69) is 0 Å². The van der Waals surface area contributed by atoms with Gasteiger partial charge in [-0.15, -0.1) is 0 Å². The van der Waals surface area contributed by atoms with Gasteiger partial charge >= 0.3 is 6.09 Å². The molecule has 1 saturated heterocycles. The molecule has 6 nitrogen and oxygen atoms in total. The summed E-state index contributed by atoms with van der Waals surface area (Å²) in [5.74, 6) is 0.395. The van der Waals surface area contributed by atoms with Gasteiger partial charge in [0.25, 0.3) is 0 Å². The van der Waals surface area contributed by atoms with Crippen LogP contribution in [0.4, 0.5) is 4.79 Å². The predicted octanol–water partition coefficient (Wildman–Crippen LogP) is 2.09. The molecule has 1 aromatic rings. The van der Waals surface area contributed by atoms with Crippen LogP contribution in [0, 0.1) is 11.8 Å². The molecule has 0 radical (unpaired) electrons. The van der Waals surface area contributed by atoms with E-state index >= 15 is 0 Å². The van der Waals surface area contributed by atoms with E-state index < -0.39 is 6.04 Å². The third-order valence-electron chi connectivity index (χ3n) is 4.65. The molecule has 0 spiro atoms. The van der Waals surface area contributed by atoms with Gasteiger partial charge in [-0.05, 0) is 23.8 Å². The van der Waals surface area contributed by atoms with E-state index in [-0.39, 0.29) is 30.4 Å². The van der Waals surface area contributed by atoms with Crippen molar-refractivity contribution in [2.45, 2.75) is 32.9 Å². The number of ether oxygens (including phenoxy) is 1. The fourth-order valence-corrected chi connectivity index (χ4v) is 2.97. The van der Waals surface area contributed by atoms with Crippen LogP contribution in [0.3, 0.4) is 0 Å². The minimum atomic E-state index is -0.452. The maximum atomic E-state index is 12.3. The van der Waals surface area contributed by atoms with Gasteiger partial charge in [0.2, 0.25) is 5.91 Å². The van der Waals surface area contributed by atoms with Gasteiger partial charge in [0.1, 0.15) is 6.61 Å². The normalized spacial score (nSPS) is 18.3. The summed E-state index contributed by atoms with van der Waals surface area (Å²) in [7, 11) is 1.73. The van der Waals surface area contributed by atoms with Gasteiger partial charge < -0.3 is 20.3 Å². The smallest absolute Gasteiger partial charge is 0.409 e. The lowest BCUT2D eigenvalue weighted by molar-refractivity contribution is -0.132. The van der Waals surface area contributed by atoms with Crippen LogP contribution in [-0.2, 0) is 16.1 Å². The lowest BCUT2D eigenvalue weighted by atomic mass is 10.0. The van der Waals surface area contributed by atoms with Crippen molar-refractivity contribution >= 4 is 12.0 Å². The molecule has 2 unspecified atom stereocenters. The number of nitrogens with zero attached hydrogens (tertiary/aromatic N) is 2. The van der Waals surface area contributed by atoms with Gasteiger partial charge in [-0.1, -0.05) is 44.2 Å². The maximum Gasteiger partial charge on any atom is 0.409 e. The van der Waals surface area contributed by atoms with Crippen LogP contribution in [0.1, 0.15) is 25.8 Å². The first-order valence-electron chi connectivity index (χ1n) is 8.84. The quantitative estimate of drug-likeness (QED) is 0.855. The summed E-state index contributed by atoms with van der Waals surface area (Å²) in [6.07, 6.45) is 0.542. The summed E-state index contributed by atoms with van der Waals surface area (Å²) in [5, 5.41) is 0. The summed E-state index contributed by atoms with van der Waals surface area (Å²) < 4.78 is 5.33. The Morgan fingerprint density at radius 2 is 2.00 bits per heavy atom. The van der Waals surface area contributed by atoms with Gasteiger partial charge in [-0.3, -0.25) is 4.79 Å². The Hall–Kier alpha value is -2.08. The first-order chi connectivity index (χ1) is 11.9. The number of hydrogen-bond donors (Lipinski definition) is 1.